The number of nitrogens with one attached hydrogen (secondary N) is 1. The summed E-state index contributed by atoms with van der Waals surface area (Å²) >= 11 is 1.61. The zero-order valence-electron chi connectivity index (χ0n) is 16.5. The Morgan fingerprint density at radius 1 is 1.43 bits per heavy atom. The molecule has 1 saturated heterocycles. The van der Waals surface area contributed by atoms with Gasteiger partial charge in [-0.3, -0.25) is 9.59 Å². The highest BCUT2D eigenvalue weighted by atomic mass is 32.1. The number of hydrogen-bond donors (Lipinski definition) is 1. The molecule has 0 spiro atoms. The number of aromatic nitrogens is 1. The summed E-state index contributed by atoms with van der Waals surface area (Å²) in [5, 5.41) is 10.8. The van der Waals surface area contributed by atoms with Crippen molar-refractivity contribution in [3.63, 3.8) is 0 Å². The van der Waals surface area contributed by atoms with Crippen molar-refractivity contribution in [2.75, 3.05) is 19.7 Å². The van der Waals surface area contributed by atoms with Gasteiger partial charge in [0, 0.05) is 18.6 Å². The molecule has 2 aromatic rings. The number of hydrogen-bond acceptors (Lipinski definition) is 5. The molecule has 0 aromatic carbocycles. The largest absolute Gasteiger partial charge is 0.376 e. The maximum atomic E-state index is 13.2. The van der Waals surface area contributed by atoms with E-state index in [1.54, 1.807) is 11.3 Å². The summed E-state index contributed by atoms with van der Waals surface area (Å²) in [4.78, 5) is 25.7. The topological polar surface area (TPSA) is 75.9 Å². The van der Waals surface area contributed by atoms with E-state index < -0.39 is 0 Å². The zero-order chi connectivity index (χ0) is 19.9. The summed E-state index contributed by atoms with van der Waals surface area (Å²) in [6.07, 6.45) is 2.05. The number of thiophene rings is 1. The predicted molar refractivity (Wildman–Crippen MR) is 110 cm³/mol. The Hall–Kier alpha value is -2.19. The molecule has 8 heteroatoms. The molecule has 1 fully saturated rings. The van der Waals surface area contributed by atoms with Crippen molar-refractivity contribution < 1.29 is 14.3 Å². The molecule has 150 valence electrons. The van der Waals surface area contributed by atoms with Crippen LogP contribution in [0.2, 0.25) is 0 Å². The first kappa shape index (κ1) is 19.1. The highest BCUT2D eigenvalue weighted by Crippen LogP contribution is 2.30. The van der Waals surface area contributed by atoms with Crippen molar-refractivity contribution in [3.8, 4) is 0 Å². The summed E-state index contributed by atoms with van der Waals surface area (Å²) in [5.74, 6) is -0.461. The lowest BCUT2D eigenvalue weighted by Gasteiger charge is -2.23. The number of amides is 2. The lowest BCUT2D eigenvalue weighted by atomic mass is 9.90. The standard InChI is InChI=1S/C20H26N4O3S/c1-20(2,3)17-11-23-14-6-8-28-16(14)9-15(23)19(26)24(22-17)12-18(25)21-10-13-5-4-7-27-13/h6,8-9,13H,4-5,7,10-12H2,1-3H3,(H,21,25)/t13-/m0/s1. The lowest BCUT2D eigenvalue weighted by Crippen LogP contribution is -2.41. The van der Waals surface area contributed by atoms with Gasteiger partial charge in [0.1, 0.15) is 12.2 Å². The Labute approximate surface area is 168 Å². The first-order valence-corrected chi connectivity index (χ1v) is 10.6. The van der Waals surface area contributed by atoms with Crippen LogP contribution < -0.4 is 5.32 Å². The van der Waals surface area contributed by atoms with Gasteiger partial charge in [0.25, 0.3) is 5.91 Å². The minimum atomic E-state index is -0.241. The summed E-state index contributed by atoms with van der Waals surface area (Å²) in [6, 6.07) is 3.93. The highest BCUT2D eigenvalue weighted by Gasteiger charge is 2.31. The van der Waals surface area contributed by atoms with E-state index in [-0.39, 0.29) is 29.9 Å². The fourth-order valence-corrected chi connectivity index (χ4v) is 4.37. The third kappa shape index (κ3) is 3.71. The molecular formula is C20H26N4O3S. The van der Waals surface area contributed by atoms with Gasteiger partial charge < -0.3 is 14.6 Å². The van der Waals surface area contributed by atoms with Gasteiger partial charge in [0.15, 0.2) is 0 Å². The molecule has 2 aromatic heterocycles. The van der Waals surface area contributed by atoms with E-state index in [4.69, 9.17) is 4.74 Å². The van der Waals surface area contributed by atoms with E-state index in [9.17, 15) is 9.59 Å². The molecule has 7 nitrogen and oxygen atoms in total. The SMILES string of the molecule is CC(C)(C)C1=NN(CC(=O)NC[C@@H]2CCCO2)C(=O)c2cc3sccc3n2C1. The van der Waals surface area contributed by atoms with Crippen LogP contribution in [0.5, 0.6) is 0 Å². The molecule has 28 heavy (non-hydrogen) atoms. The first-order chi connectivity index (χ1) is 13.3. The van der Waals surface area contributed by atoms with Gasteiger partial charge in [0.05, 0.1) is 28.6 Å². The molecule has 0 bridgehead atoms. The van der Waals surface area contributed by atoms with Crippen LogP contribution in [0.15, 0.2) is 22.6 Å². The minimum Gasteiger partial charge on any atom is -0.376 e. The summed E-state index contributed by atoms with van der Waals surface area (Å²) in [5.41, 5.74) is 2.27. The van der Waals surface area contributed by atoms with Crippen molar-refractivity contribution in [1.82, 2.24) is 14.9 Å². The second-order valence-electron chi connectivity index (χ2n) is 8.38. The number of carbonyl (C=O) groups is 2. The van der Waals surface area contributed by atoms with Gasteiger partial charge in [-0.2, -0.15) is 5.10 Å². The number of ether oxygens (including phenoxy) is 1. The molecule has 0 saturated carbocycles. The number of rotatable bonds is 4. The normalized spacial score (nSPS) is 20.2. The predicted octanol–water partition coefficient (Wildman–Crippen LogP) is 2.86. The van der Waals surface area contributed by atoms with Crippen LogP contribution in [-0.2, 0) is 16.1 Å². The minimum absolute atomic E-state index is 0.0708. The maximum absolute atomic E-state index is 13.2. The fourth-order valence-electron chi connectivity index (χ4n) is 3.55. The van der Waals surface area contributed by atoms with Gasteiger partial charge in [0.2, 0.25) is 5.91 Å². The van der Waals surface area contributed by atoms with Gasteiger partial charge >= 0.3 is 0 Å². The van der Waals surface area contributed by atoms with Crippen LogP contribution in [0, 0.1) is 5.41 Å². The molecule has 0 radical (unpaired) electrons. The lowest BCUT2D eigenvalue weighted by molar-refractivity contribution is -0.122. The van der Waals surface area contributed by atoms with Crippen LogP contribution in [-0.4, -0.2) is 52.9 Å². The van der Waals surface area contributed by atoms with Crippen LogP contribution in [0.25, 0.3) is 10.2 Å². The van der Waals surface area contributed by atoms with Gasteiger partial charge in [-0.1, -0.05) is 20.8 Å². The average molecular weight is 403 g/mol. The molecule has 2 aliphatic heterocycles. The smallest absolute Gasteiger partial charge is 0.291 e. The van der Waals surface area contributed by atoms with Gasteiger partial charge in [-0.15, -0.1) is 11.3 Å². The number of nitrogens with zero attached hydrogens (tertiary/aromatic N) is 3. The molecular weight excluding hydrogens is 376 g/mol. The second-order valence-corrected chi connectivity index (χ2v) is 9.33. The highest BCUT2D eigenvalue weighted by molar-refractivity contribution is 7.17. The van der Waals surface area contributed by atoms with Crippen LogP contribution in [0.4, 0.5) is 0 Å². The Morgan fingerprint density at radius 3 is 2.96 bits per heavy atom. The van der Waals surface area contributed by atoms with Crippen LogP contribution in [0.1, 0.15) is 44.1 Å². The van der Waals surface area contributed by atoms with Gasteiger partial charge in [-0.25, -0.2) is 5.01 Å². The summed E-state index contributed by atoms with van der Waals surface area (Å²) < 4.78 is 8.63. The Kier molecular flexibility index (Phi) is 5.01. The first-order valence-electron chi connectivity index (χ1n) is 9.68. The van der Waals surface area contributed by atoms with E-state index in [0.29, 0.717) is 18.8 Å². The molecule has 4 rings (SSSR count). The van der Waals surface area contributed by atoms with E-state index >= 15 is 0 Å². The monoisotopic (exact) mass is 402 g/mol. The van der Waals surface area contributed by atoms with E-state index in [1.165, 1.54) is 5.01 Å². The van der Waals surface area contributed by atoms with E-state index in [0.717, 1.165) is 35.4 Å². The Morgan fingerprint density at radius 2 is 2.25 bits per heavy atom. The molecule has 2 aliphatic rings. The van der Waals surface area contributed by atoms with Crippen molar-refractivity contribution in [2.45, 2.75) is 46.3 Å². The van der Waals surface area contributed by atoms with Crippen LogP contribution >= 0.6 is 11.3 Å². The summed E-state index contributed by atoms with van der Waals surface area (Å²) in [7, 11) is 0. The molecule has 1 atom stereocenters. The van der Waals surface area contributed by atoms with Crippen molar-refractivity contribution >= 4 is 39.1 Å². The van der Waals surface area contributed by atoms with Crippen LogP contribution in [0.3, 0.4) is 0 Å². The Bertz CT molecular complexity index is 931. The summed E-state index contributed by atoms with van der Waals surface area (Å²) in [6.45, 7) is 7.89. The number of fused-ring (bicyclic) bond motifs is 3. The average Bonchev–Trinajstić information content (AvgIpc) is 3.34. The molecule has 4 heterocycles. The number of carbonyl (C=O) groups excluding carboxylic acids is 2. The third-order valence-electron chi connectivity index (χ3n) is 5.24. The van der Waals surface area contributed by atoms with Gasteiger partial charge in [-0.05, 0) is 30.4 Å². The molecule has 0 aliphatic carbocycles. The molecule has 1 N–H and O–H groups in total. The second kappa shape index (κ2) is 7.33. The van der Waals surface area contributed by atoms with Crippen molar-refractivity contribution in [2.24, 2.45) is 10.5 Å². The third-order valence-corrected chi connectivity index (χ3v) is 6.09. The number of hydrazone groups is 1. The molecule has 0 unspecified atom stereocenters. The Balaban J connectivity index is 1.58. The quantitative estimate of drug-likeness (QED) is 0.854. The maximum Gasteiger partial charge on any atom is 0.291 e. The fraction of sp³-hybridized carbons (Fsp3) is 0.550. The zero-order valence-corrected chi connectivity index (χ0v) is 17.3. The molecule has 2 amide bonds. The van der Waals surface area contributed by atoms with Crippen molar-refractivity contribution in [3.05, 3.63) is 23.2 Å². The van der Waals surface area contributed by atoms with E-state index in [1.807, 2.05) is 22.1 Å². The van der Waals surface area contributed by atoms with E-state index in [2.05, 4.69) is 31.2 Å². The van der Waals surface area contributed by atoms with Crippen molar-refractivity contribution in [1.29, 1.82) is 0 Å².